The Bertz CT molecular complexity index is 4000. The van der Waals surface area contributed by atoms with Crippen LogP contribution >= 0.6 is 0 Å². The molecule has 0 saturated carbocycles. The third-order valence-electron chi connectivity index (χ3n) is 18.6. The van der Waals surface area contributed by atoms with E-state index < -0.39 is 11.0 Å². The largest absolute Gasteiger partial charge is 0.380 e. The number of hydrogen-bond acceptors (Lipinski definition) is 3. The van der Waals surface area contributed by atoms with Gasteiger partial charge in [-0.25, -0.2) is 0 Å². The first-order valence-electron chi connectivity index (χ1n) is 27.4. The molecule has 0 radical (unpaired) electrons. The van der Waals surface area contributed by atoms with E-state index in [9.17, 15) is 0 Å². The van der Waals surface area contributed by atoms with Crippen molar-refractivity contribution >= 4 is 51.9 Å². The van der Waals surface area contributed by atoms with E-state index in [0.29, 0.717) is 0 Å². The van der Waals surface area contributed by atoms with Crippen molar-refractivity contribution in [1.82, 2.24) is 0 Å². The first-order chi connectivity index (χ1) is 37.0. The SMILES string of the molecule is Cc1cc(-c2ccccc2)ccc1N1c2ccc3cc2B2c4c1cc1c(c4-c4cc(-c5ccccc5)ccc4N2C2=CC(C)(c4ccccc4)C4=C(C2C)C(C)(C=CC4C)N3c2ccccc2)-c2ccccc2C1(C)C. The second kappa shape index (κ2) is 16.1. The molecule has 3 aliphatic heterocycles. The van der Waals surface area contributed by atoms with E-state index in [1.807, 2.05) is 0 Å². The van der Waals surface area contributed by atoms with Gasteiger partial charge in [0.2, 0.25) is 0 Å². The molecular formula is C72H60BN3. The second-order valence-corrected chi connectivity index (χ2v) is 23.2. The van der Waals surface area contributed by atoms with E-state index in [1.54, 1.807) is 0 Å². The molecule has 366 valence electrons. The Morgan fingerprint density at radius 1 is 0.487 bits per heavy atom. The topological polar surface area (TPSA) is 9.72 Å². The van der Waals surface area contributed by atoms with Crippen LogP contribution in [0.2, 0.25) is 0 Å². The molecule has 6 aliphatic rings. The average molecular weight is 978 g/mol. The molecule has 3 heterocycles. The zero-order valence-corrected chi connectivity index (χ0v) is 44.4. The van der Waals surface area contributed by atoms with Gasteiger partial charge in [0.15, 0.2) is 0 Å². The maximum Gasteiger partial charge on any atom is 0.332 e. The molecule has 0 saturated heterocycles. The lowest BCUT2D eigenvalue weighted by Crippen LogP contribution is -2.65. The smallest absolute Gasteiger partial charge is 0.332 e. The van der Waals surface area contributed by atoms with Crippen LogP contribution in [0.1, 0.15) is 63.8 Å². The molecule has 3 aliphatic carbocycles. The molecule has 4 unspecified atom stereocenters. The minimum atomic E-state index is -0.535. The number of nitrogens with zero attached hydrogens (tertiary/aromatic N) is 3. The van der Waals surface area contributed by atoms with Crippen LogP contribution in [0.5, 0.6) is 0 Å². The number of aryl methyl sites for hydroxylation is 1. The summed E-state index contributed by atoms with van der Waals surface area (Å²) in [5, 5.41) is 0. The molecule has 76 heavy (non-hydrogen) atoms. The zero-order valence-electron chi connectivity index (χ0n) is 44.4. The van der Waals surface area contributed by atoms with Crippen LogP contribution in [0.25, 0.3) is 44.5 Å². The van der Waals surface area contributed by atoms with Gasteiger partial charge in [-0.15, -0.1) is 0 Å². The second-order valence-electron chi connectivity index (χ2n) is 23.2. The van der Waals surface area contributed by atoms with Crippen LogP contribution in [0.15, 0.2) is 241 Å². The molecule has 15 rings (SSSR count). The Morgan fingerprint density at radius 2 is 1.11 bits per heavy atom. The standard InChI is InChI=1S/C72H60BN3/c1-45-38-39-72(7)68-47(3)64(44-71(6,67(45)68)52-26-16-10-17-27-52)76-61-36-33-51(49-24-14-9-15-25-49)41-56(61)66-65-55-30-20-21-31-57(55)70(4,5)58(65)43-63-69(66)73(76)59-42-54(75(72)53-28-18-11-19-29-53)34-37-62(59)74(63)60-35-32-50(40-46(60)2)48-22-12-8-13-23-48/h8-45,47H,1-7H3. The predicted molar refractivity (Wildman–Crippen MR) is 321 cm³/mol. The highest BCUT2D eigenvalue weighted by Gasteiger charge is 2.56. The van der Waals surface area contributed by atoms with E-state index in [1.165, 1.54) is 129 Å². The Kier molecular flexibility index (Phi) is 9.55. The van der Waals surface area contributed by atoms with Gasteiger partial charge in [0, 0.05) is 62.1 Å². The highest BCUT2D eigenvalue weighted by molar-refractivity contribution is 6.93. The Labute approximate surface area is 448 Å². The van der Waals surface area contributed by atoms with Crippen LogP contribution < -0.4 is 25.5 Å². The number of rotatable bonds is 5. The van der Waals surface area contributed by atoms with Crippen LogP contribution in [0, 0.1) is 18.8 Å². The number of anilines is 6. The van der Waals surface area contributed by atoms with Crippen molar-refractivity contribution < 1.29 is 0 Å². The van der Waals surface area contributed by atoms with Gasteiger partial charge in [-0.2, -0.15) is 0 Å². The van der Waals surface area contributed by atoms with Crippen molar-refractivity contribution in [3.05, 3.63) is 264 Å². The number of allylic oxidation sites excluding steroid dienone is 4. The van der Waals surface area contributed by atoms with E-state index in [4.69, 9.17) is 0 Å². The maximum absolute atomic E-state index is 2.84. The monoisotopic (exact) mass is 977 g/mol. The summed E-state index contributed by atoms with van der Waals surface area (Å²) in [6.07, 6.45) is 7.76. The first-order valence-corrected chi connectivity index (χ1v) is 27.4. The fourth-order valence-corrected chi connectivity index (χ4v) is 15.3. The fraction of sp³-hybridized carbons (Fsp3) is 0.167. The Hall–Kier alpha value is -8.34. The van der Waals surface area contributed by atoms with Gasteiger partial charge in [0.05, 0.1) is 5.54 Å². The van der Waals surface area contributed by atoms with Crippen LogP contribution in [-0.2, 0) is 10.8 Å². The summed E-state index contributed by atoms with van der Waals surface area (Å²) in [6, 6.07) is 78.3. The minimum absolute atomic E-state index is 0.0365. The van der Waals surface area contributed by atoms with Gasteiger partial charge in [-0.1, -0.05) is 192 Å². The number of hydrogen-bond donors (Lipinski definition) is 0. The van der Waals surface area contributed by atoms with E-state index in [0.717, 1.165) is 0 Å². The van der Waals surface area contributed by atoms with E-state index >= 15 is 0 Å². The highest BCUT2D eigenvalue weighted by atomic mass is 15.2. The summed E-state index contributed by atoms with van der Waals surface area (Å²) in [4.78, 5) is 8.17. The zero-order chi connectivity index (χ0) is 51.4. The summed E-state index contributed by atoms with van der Waals surface area (Å²) in [7, 11) is 0. The summed E-state index contributed by atoms with van der Waals surface area (Å²) in [6.45, 7) is 17.0. The molecule has 0 N–H and O–H groups in total. The van der Waals surface area contributed by atoms with Gasteiger partial charge < -0.3 is 14.6 Å². The lowest BCUT2D eigenvalue weighted by molar-refractivity contribution is 0.474. The summed E-state index contributed by atoms with van der Waals surface area (Å²) < 4.78 is 0. The number of benzene rings is 9. The molecule has 9 aromatic rings. The first kappa shape index (κ1) is 45.1. The third kappa shape index (κ3) is 6.07. The molecule has 0 fully saturated rings. The molecule has 0 amide bonds. The molecule has 4 heteroatoms. The van der Waals surface area contributed by atoms with Gasteiger partial charge in [-0.05, 0) is 171 Å². The molecular weight excluding hydrogens is 918 g/mol. The van der Waals surface area contributed by atoms with E-state index in [-0.39, 0.29) is 24.1 Å². The minimum Gasteiger partial charge on any atom is -0.380 e. The molecule has 0 aromatic heterocycles. The predicted octanol–water partition coefficient (Wildman–Crippen LogP) is 16.9. The lowest BCUT2D eigenvalue weighted by Gasteiger charge is -2.57. The number of fused-ring (bicyclic) bond motifs is 10. The van der Waals surface area contributed by atoms with Gasteiger partial charge in [-0.3, -0.25) is 0 Å². The van der Waals surface area contributed by atoms with Crippen molar-refractivity contribution in [2.24, 2.45) is 11.8 Å². The Balaban J connectivity index is 1.13. The van der Waals surface area contributed by atoms with Gasteiger partial charge >= 0.3 is 6.85 Å². The van der Waals surface area contributed by atoms with Gasteiger partial charge in [0.1, 0.15) is 0 Å². The van der Waals surface area contributed by atoms with Crippen molar-refractivity contribution in [3.63, 3.8) is 0 Å². The molecule has 0 spiro atoms. The van der Waals surface area contributed by atoms with Gasteiger partial charge in [0.25, 0.3) is 0 Å². The molecule has 3 nitrogen and oxygen atoms in total. The third-order valence-corrected chi connectivity index (χ3v) is 18.6. The van der Waals surface area contributed by atoms with Crippen molar-refractivity contribution in [2.45, 2.75) is 64.8 Å². The summed E-state index contributed by atoms with van der Waals surface area (Å²) in [5.74, 6) is 0.251. The fourth-order valence-electron chi connectivity index (χ4n) is 15.3. The highest BCUT2D eigenvalue weighted by Crippen LogP contribution is 2.61. The van der Waals surface area contributed by atoms with Crippen LogP contribution in [-0.4, -0.2) is 12.4 Å². The molecule has 4 atom stereocenters. The molecule has 9 aromatic carbocycles. The number of para-hydroxylation sites is 1. The van der Waals surface area contributed by atoms with Crippen LogP contribution in [0.3, 0.4) is 0 Å². The van der Waals surface area contributed by atoms with Crippen molar-refractivity contribution in [2.75, 3.05) is 14.6 Å². The quantitative estimate of drug-likeness (QED) is 0.126. The van der Waals surface area contributed by atoms with Crippen LogP contribution in [0.4, 0.5) is 34.1 Å². The lowest BCUT2D eigenvalue weighted by atomic mass is 9.42. The average Bonchev–Trinajstić information content (AvgIpc) is 3.83. The molecule has 4 bridgehead atoms. The maximum atomic E-state index is 2.84. The van der Waals surface area contributed by atoms with Crippen molar-refractivity contribution in [3.8, 4) is 44.5 Å². The Morgan fingerprint density at radius 3 is 1.80 bits per heavy atom. The normalized spacial score (nSPS) is 21.7. The van der Waals surface area contributed by atoms with E-state index in [2.05, 4.69) is 288 Å². The summed E-state index contributed by atoms with van der Waals surface area (Å²) in [5.41, 5.74) is 28.6. The summed E-state index contributed by atoms with van der Waals surface area (Å²) >= 11 is 0. The van der Waals surface area contributed by atoms with Crippen molar-refractivity contribution in [1.29, 1.82) is 0 Å².